The highest BCUT2D eigenvalue weighted by Crippen LogP contribution is 2.34. The van der Waals surface area contributed by atoms with Crippen molar-refractivity contribution in [2.45, 2.75) is 25.3 Å². The van der Waals surface area contributed by atoms with Gasteiger partial charge in [0.25, 0.3) is 0 Å². The molecule has 1 aliphatic heterocycles. The van der Waals surface area contributed by atoms with Crippen LogP contribution in [0.3, 0.4) is 0 Å². The van der Waals surface area contributed by atoms with Crippen molar-refractivity contribution in [3.63, 3.8) is 0 Å². The Morgan fingerprint density at radius 2 is 2.21 bits per heavy atom. The number of aliphatic carboxylic acids is 1. The summed E-state index contributed by atoms with van der Waals surface area (Å²) in [5.41, 5.74) is 1.62. The molecule has 1 unspecified atom stereocenters. The Balaban J connectivity index is 2.11. The smallest absolute Gasteiger partial charge is 0.312 e. The van der Waals surface area contributed by atoms with Gasteiger partial charge in [-0.1, -0.05) is 23.7 Å². The summed E-state index contributed by atoms with van der Waals surface area (Å²) in [6.07, 6.45) is 3.18. The van der Waals surface area contributed by atoms with Crippen molar-refractivity contribution in [3.8, 4) is 11.4 Å². The minimum Gasteiger partial charge on any atom is -0.481 e. The number of rotatable bonds is 2. The number of benzene rings is 1. The van der Waals surface area contributed by atoms with Crippen LogP contribution < -0.4 is 0 Å². The van der Waals surface area contributed by atoms with Crippen LogP contribution in [0.25, 0.3) is 11.4 Å². The number of halogens is 1. The van der Waals surface area contributed by atoms with Gasteiger partial charge in [0.05, 0.1) is 16.6 Å². The maximum atomic E-state index is 11.3. The lowest BCUT2D eigenvalue weighted by Crippen LogP contribution is -2.21. The number of hydrogen-bond donors (Lipinski definition) is 1. The molecule has 0 saturated carbocycles. The Labute approximate surface area is 115 Å². The number of carbonyl (C=O) groups is 1. The van der Waals surface area contributed by atoms with Crippen molar-refractivity contribution < 1.29 is 9.90 Å². The molecule has 1 atom stereocenters. The van der Waals surface area contributed by atoms with Crippen LogP contribution in [0.4, 0.5) is 0 Å². The maximum absolute atomic E-state index is 11.3. The zero-order valence-corrected chi connectivity index (χ0v) is 11.0. The Morgan fingerprint density at radius 3 is 2.95 bits per heavy atom. The molecule has 0 amide bonds. The van der Waals surface area contributed by atoms with Crippen LogP contribution in [0, 0.1) is 0 Å². The molecule has 0 radical (unpaired) electrons. The number of hydrogen-bond acceptors (Lipinski definition) is 2. The largest absolute Gasteiger partial charge is 0.481 e. The van der Waals surface area contributed by atoms with Crippen molar-refractivity contribution in [2.24, 2.45) is 0 Å². The summed E-state index contributed by atoms with van der Waals surface area (Å²) in [6, 6.07) is 7.49. The molecular weight excluding hydrogens is 264 g/mol. The van der Waals surface area contributed by atoms with Crippen LogP contribution in [0.5, 0.6) is 0 Å². The lowest BCUT2D eigenvalue weighted by molar-refractivity contribution is -0.139. The average Bonchev–Trinajstić information content (AvgIpc) is 2.82. The predicted molar refractivity (Wildman–Crippen MR) is 72.3 cm³/mol. The van der Waals surface area contributed by atoms with E-state index in [4.69, 9.17) is 11.6 Å². The van der Waals surface area contributed by atoms with E-state index in [-0.39, 0.29) is 0 Å². The van der Waals surface area contributed by atoms with Gasteiger partial charge in [-0.05, 0) is 25.0 Å². The van der Waals surface area contributed by atoms with Crippen molar-refractivity contribution in [2.75, 3.05) is 0 Å². The lowest BCUT2D eigenvalue weighted by Gasteiger charge is -2.22. The fourth-order valence-corrected chi connectivity index (χ4v) is 2.83. The minimum atomic E-state index is -0.786. The molecule has 2 heterocycles. The number of nitrogens with zero attached hydrogens (tertiary/aromatic N) is 2. The SMILES string of the molecule is O=C(O)C1CCCn2c1cnc2-c1ccccc1Cl. The second-order valence-electron chi connectivity index (χ2n) is 4.67. The fraction of sp³-hybridized carbons (Fsp3) is 0.286. The topological polar surface area (TPSA) is 55.1 Å². The van der Waals surface area contributed by atoms with Crippen LogP contribution in [0.2, 0.25) is 5.02 Å². The van der Waals surface area contributed by atoms with Crippen LogP contribution in [-0.4, -0.2) is 20.6 Å². The molecule has 4 nitrogen and oxygen atoms in total. The molecule has 2 aromatic rings. The molecule has 0 fully saturated rings. The molecule has 0 saturated heterocycles. The zero-order chi connectivity index (χ0) is 13.4. The second-order valence-corrected chi connectivity index (χ2v) is 5.08. The summed E-state index contributed by atoms with van der Waals surface area (Å²) in [5.74, 6) is -0.490. The van der Waals surface area contributed by atoms with E-state index in [1.807, 2.05) is 28.8 Å². The number of carboxylic acid groups (broad SMARTS) is 1. The van der Waals surface area contributed by atoms with Gasteiger partial charge < -0.3 is 9.67 Å². The predicted octanol–water partition coefficient (Wildman–Crippen LogP) is 3.17. The van der Waals surface area contributed by atoms with E-state index in [9.17, 15) is 9.90 Å². The fourth-order valence-electron chi connectivity index (χ4n) is 2.61. The molecule has 5 heteroatoms. The van der Waals surface area contributed by atoms with Crippen molar-refractivity contribution >= 4 is 17.6 Å². The molecule has 0 bridgehead atoms. The van der Waals surface area contributed by atoms with Gasteiger partial charge in [0.1, 0.15) is 5.82 Å². The first-order valence-electron chi connectivity index (χ1n) is 6.21. The molecule has 98 valence electrons. The number of aromatic nitrogens is 2. The molecular formula is C14H13ClN2O2. The van der Waals surface area contributed by atoms with Crippen molar-refractivity contribution in [1.29, 1.82) is 0 Å². The van der Waals surface area contributed by atoms with Gasteiger partial charge in [-0.25, -0.2) is 4.98 Å². The third-order valence-corrected chi connectivity index (χ3v) is 3.86. The van der Waals surface area contributed by atoms with Crippen molar-refractivity contribution in [1.82, 2.24) is 9.55 Å². The van der Waals surface area contributed by atoms with Gasteiger partial charge in [-0.15, -0.1) is 0 Å². The molecule has 19 heavy (non-hydrogen) atoms. The normalized spacial score (nSPS) is 18.1. The monoisotopic (exact) mass is 276 g/mol. The molecule has 0 aliphatic carbocycles. The summed E-state index contributed by atoms with van der Waals surface area (Å²) >= 11 is 6.19. The number of carboxylic acids is 1. The van der Waals surface area contributed by atoms with Gasteiger partial charge in [0.2, 0.25) is 0 Å². The number of fused-ring (bicyclic) bond motifs is 1. The Hall–Kier alpha value is -1.81. The quantitative estimate of drug-likeness (QED) is 0.917. The van der Waals surface area contributed by atoms with Crippen LogP contribution in [-0.2, 0) is 11.3 Å². The first-order chi connectivity index (χ1) is 9.18. The van der Waals surface area contributed by atoms with Gasteiger partial charge in [0, 0.05) is 18.3 Å². The Bertz CT molecular complexity index is 636. The first-order valence-corrected chi connectivity index (χ1v) is 6.59. The summed E-state index contributed by atoms with van der Waals surface area (Å²) in [4.78, 5) is 15.6. The van der Waals surface area contributed by atoms with E-state index in [0.717, 1.165) is 30.0 Å². The summed E-state index contributed by atoms with van der Waals surface area (Å²) in [7, 11) is 0. The van der Waals surface area contributed by atoms with Crippen LogP contribution in [0.15, 0.2) is 30.5 Å². The summed E-state index contributed by atoms with van der Waals surface area (Å²) in [5, 5.41) is 9.88. The van der Waals surface area contributed by atoms with Gasteiger partial charge in [0.15, 0.2) is 0 Å². The molecule has 1 N–H and O–H groups in total. The Morgan fingerprint density at radius 1 is 1.42 bits per heavy atom. The Kier molecular flexibility index (Phi) is 3.03. The standard InChI is InChI=1S/C14H13ClN2O2/c15-11-6-2-1-4-9(11)13-16-8-12-10(14(18)19)5-3-7-17(12)13/h1-2,4,6,8,10H,3,5,7H2,(H,18,19). The van der Waals surface area contributed by atoms with E-state index in [2.05, 4.69) is 4.98 Å². The zero-order valence-electron chi connectivity index (χ0n) is 10.2. The third kappa shape index (κ3) is 2.02. The van der Waals surface area contributed by atoms with Crippen LogP contribution >= 0.6 is 11.6 Å². The van der Waals surface area contributed by atoms with E-state index in [1.165, 1.54) is 0 Å². The lowest BCUT2D eigenvalue weighted by atomic mass is 9.96. The average molecular weight is 277 g/mol. The molecule has 1 aromatic carbocycles. The highest BCUT2D eigenvalue weighted by atomic mass is 35.5. The van der Waals surface area contributed by atoms with E-state index in [0.29, 0.717) is 11.4 Å². The van der Waals surface area contributed by atoms with E-state index in [1.54, 1.807) is 6.20 Å². The molecule has 1 aromatic heterocycles. The highest BCUT2D eigenvalue weighted by molar-refractivity contribution is 6.33. The second kappa shape index (κ2) is 4.70. The van der Waals surface area contributed by atoms with Gasteiger partial charge in [-0.3, -0.25) is 4.79 Å². The molecule has 3 rings (SSSR count). The summed E-state index contributed by atoms with van der Waals surface area (Å²) < 4.78 is 1.98. The number of imidazole rings is 1. The van der Waals surface area contributed by atoms with E-state index >= 15 is 0 Å². The molecule has 1 aliphatic rings. The third-order valence-electron chi connectivity index (χ3n) is 3.53. The highest BCUT2D eigenvalue weighted by Gasteiger charge is 2.29. The minimum absolute atomic E-state index is 0.461. The van der Waals surface area contributed by atoms with Crippen LogP contribution in [0.1, 0.15) is 24.5 Å². The van der Waals surface area contributed by atoms with Gasteiger partial charge in [-0.2, -0.15) is 0 Å². The van der Waals surface area contributed by atoms with Crippen molar-refractivity contribution in [3.05, 3.63) is 41.2 Å². The molecule has 0 spiro atoms. The first kappa shape index (κ1) is 12.2. The summed E-state index contributed by atoms with van der Waals surface area (Å²) in [6.45, 7) is 0.791. The maximum Gasteiger partial charge on any atom is 0.312 e. The van der Waals surface area contributed by atoms with E-state index < -0.39 is 11.9 Å². The van der Waals surface area contributed by atoms with Gasteiger partial charge >= 0.3 is 5.97 Å².